The number of anilines is 1. The summed E-state index contributed by atoms with van der Waals surface area (Å²) in [7, 11) is 0. The van der Waals surface area contributed by atoms with Gasteiger partial charge in [-0.1, -0.05) is 36.4 Å². The van der Waals surface area contributed by atoms with Gasteiger partial charge in [0, 0.05) is 17.5 Å². The Labute approximate surface area is 140 Å². The monoisotopic (exact) mass is 325 g/mol. The fraction of sp³-hybridized carbons (Fsp3) is 0.158. The van der Waals surface area contributed by atoms with Crippen LogP contribution in [0.25, 0.3) is 0 Å². The first kappa shape index (κ1) is 17.4. The first-order valence-corrected chi connectivity index (χ1v) is 7.54. The molecule has 0 fully saturated rings. The number of carbonyl (C=O) groups excluding carboxylic acids is 1. The van der Waals surface area contributed by atoms with E-state index in [1.807, 2.05) is 30.3 Å². The smallest absolute Gasteiger partial charge is 0.235 e. The molecule has 0 unspecified atom stereocenters. The molecule has 5 heteroatoms. The quantitative estimate of drug-likeness (QED) is 0.578. The molecule has 2 aromatic carbocycles. The number of benzene rings is 2. The molecule has 4 nitrogen and oxygen atoms in total. The van der Waals surface area contributed by atoms with Gasteiger partial charge in [0.25, 0.3) is 0 Å². The van der Waals surface area contributed by atoms with Crippen molar-refractivity contribution in [3.63, 3.8) is 0 Å². The maximum Gasteiger partial charge on any atom is 0.235 e. The van der Waals surface area contributed by atoms with Crippen molar-refractivity contribution < 1.29 is 9.18 Å². The summed E-state index contributed by atoms with van der Waals surface area (Å²) in [6.45, 7) is 3.25. The Kier molecular flexibility index (Phi) is 5.47. The largest absolute Gasteiger partial charge is 0.362 e. The van der Waals surface area contributed by atoms with Gasteiger partial charge in [-0.2, -0.15) is 0 Å². The number of halogens is 1. The summed E-state index contributed by atoms with van der Waals surface area (Å²) in [5.41, 5.74) is 0.0828. The summed E-state index contributed by atoms with van der Waals surface area (Å²) < 4.78 is 13.9. The molecule has 0 aliphatic heterocycles. The second kappa shape index (κ2) is 7.55. The van der Waals surface area contributed by atoms with Crippen molar-refractivity contribution in [2.75, 3.05) is 5.32 Å². The highest BCUT2D eigenvalue weighted by Gasteiger charge is 2.32. The first-order chi connectivity index (χ1) is 11.4. The normalized spacial score (nSPS) is 11.3. The Morgan fingerprint density at radius 2 is 1.71 bits per heavy atom. The topological polar surface area (TPSA) is 65.0 Å². The molecule has 0 aliphatic rings. The first-order valence-electron chi connectivity index (χ1n) is 7.54. The van der Waals surface area contributed by atoms with Crippen molar-refractivity contribution >= 4 is 17.4 Å². The lowest BCUT2D eigenvalue weighted by Crippen LogP contribution is -2.42. The van der Waals surface area contributed by atoms with Gasteiger partial charge in [-0.3, -0.25) is 10.2 Å². The summed E-state index contributed by atoms with van der Waals surface area (Å²) in [6.07, 6.45) is 3.00. The molecule has 2 rings (SSSR count). The van der Waals surface area contributed by atoms with Crippen LogP contribution in [0.3, 0.4) is 0 Å². The predicted molar refractivity (Wildman–Crippen MR) is 94.5 cm³/mol. The molecule has 0 heterocycles. The average molecular weight is 325 g/mol. The molecule has 0 bridgehead atoms. The zero-order chi connectivity index (χ0) is 17.6. The van der Waals surface area contributed by atoms with Gasteiger partial charge in [0.05, 0.1) is 5.41 Å². The lowest BCUT2D eigenvalue weighted by atomic mass is 9.83. The molecule has 0 spiro atoms. The van der Waals surface area contributed by atoms with E-state index in [-0.39, 0.29) is 5.84 Å². The minimum atomic E-state index is -1.08. The highest BCUT2D eigenvalue weighted by molar-refractivity contribution is 6.05. The van der Waals surface area contributed by atoms with Gasteiger partial charge in [0.1, 0.15) is 11.7 Å². The highest BCUT2D eigenvalue weighted by Crippen LogP contribution is 2.25. The Hall–Kier alpha value is -2.95. The molecule has 0 aliphatic carbocycles. The molecule has 24 heavy (non-hydrogen) atoms. The van der Waals surface area contributed by atoms with Gasteiger partial charge in [0.15, 0.2) is 0 Å². The molecular weight excluding hydrogens is 305 g/mol. The van der Waals surface area contributed by atoms with E-state index in [9.17, 15) is 9.18 Å². The molecule has 2 aromatic rings. The van der Waals surface area contributed by atoms with Crippen molar-refractivity contribution in [2.24, 2.45) is 0 Å². The third-order valence-corrected chi connectivity index (χ3v) is 3.64. The zero-order valence-corrected chi connectivity index (χ0v) is 13.6. The second-order valence-corrected chi connectivity index (χ2v) is 5.82. The molecule has 0 saturated heterocycles. The second-order valence-electron chi connectivity index (χ2n) is 5.82. The fourth-order valence-electron chi connectivity index (χ4n) is 2.17. The number of hydrogen-bond donors (Lipinski definition) is 3. The van der Waals surface area contributed by atoms with Crippen LogP contribution >= 0.6 is 0 Å². The molecule has 0 atom stereocenters. The van der Waals surface area contributed by atoms with Crippen molar-refractivity contribution in [3.8, 4) is 0 Å². The van der Waals surface area contributed by atoms with Crippen molar-refractivity contribution in [1.29, 1.82) is 5.41 Å². The van der Waals surface area contributed by atoms with E-state index in [0.717, 1.165) is 5.69 Å². The van der Waals surface area contributed by atoms with Crippen LogP contribution in [-0.4, -0.2) is 11.7 Å². The van der Waals surface area contributed by atoms with E-state index < -0.39 is 17.1 Å². The van der Waals surface area contributed by atoms with Crippen LogP contribution in [0.5, 0.6) is 0 Å². The molecular formula is C19H20FN3O. The van der Waals surface area contributed by atoms with Gasteiger partial charge in [-0.05, 0) is 38.1 Å². The van der Waals surface area contributed by atoms with Gasteiger partial charge < -0.3 is 10.6 Å². The van der Waals surface area contributed by atoms with Gasteiger partial charge in [-0.25, -0.2) is 4.39 Å². The Balaban J connectivity index is 1.98. The van der Waals surface area contributed by atoms with E-state index in [0.29, 0.717) is 5.56 Å². The zero-order valence-electron chi connectivity index (χ0n) is 13.6. The van der Waals surface area contributed by atoms with E-state index >= 15 is 0 Å². The van der Waals surface area contributed by atoms with Crippen LogP contribution in [0.2, 0.25) is 0 Å². The summed E-state index contributed by atoms with van der Waals surface area (Å²) in [5, 5.41) is 13.3. The number of hydrogen-bond acceptors (Lipinski definition) is 3. The number of amides is 1. The van der Waals surface area contributed by atoms with Gasteiger partial charge in [-0.15, -0.1) is 0 Å². The average Bonchev–Trinajstić information content (AvgIpc) is 2.56. The fourth-order valence-corrected chi connectivity index (χ4v) is 2.17. The number of carbonyl (C=O) groups is 1. The van der Waals surface area contributed by atoms with Gasteiger partial charge in [0.2, 0.25) is 5.91 Å². The molecule has 0 aromatic heterocycles. The Morgan fingerprint density at radius 3 is 2.38 bits per heavy atom. The minimum Gasteiger partial charge on any atom is -0.362 e. The highest BCUT2D eigenvalue weighted by atomic mass is 19.1. The minimum absolute atomic E-state index is 0.0761. The molecule has 124 valence electrons. The lowest BCUT2D eigenvalue weighted by Gasteiger charge is -2.24. The Morgan fingerprint density at radius 1 is 1.08 bits per heavy atom. The Bertz CT molecular complexity index is 754. The van der Waals surface area contributed by atoms with Crippen molar-refractivity contribution in [1.82, 2.24) is 5.32 Å². The number of para-hydroxylation sites is 1. The maximum absolute atomic E-state index is 13.9. The number of rotatable bonds is 5. The van der Waals surface area contributed by atoms with E-state index in [1.165, 1.54) is 12.1 Å². The lowest BCUT2D eigenvalue weighted by molar-refractivity contribution is -0.124. The van der Waals surface area contributed by atoms with Crippen LogP contribution in [0.4, 0.5) is 10.1 Å². The standard InChI is InChI=1S/C19H20FN3O/c1-19(2,15-10-6-7-11-16(15)20)18(24)23-17(21)12-13-22-14-8-4-3-5-9-14/h3-13,22H,1-2H3,(H2,21,23,24)/b13-12-. The molecule has 3 N–H and O–H groups in total. The van der Waals surface area contributed by atoms with Crippen LogP contribution in [0.1, 0.15) is 19.4 Å². The van der Waals surface area contributed by atoms with E-state index in [2.05, 4.69) is 10.6 Å². The van der Waals surface area contributed by atoms with Crippen LogP contribution < -0.4 is 10.6 Å². The maximum atomic E-state index is 13.9. The third kappa shape index (κ3) is 4.29. The number of nitrogens with one attached hydrogen (secondary N) is 3. The molecule has 1 amide bonds. The summed E-state index contributed by atoms with van der Waals surface area (Å²) in [6, 6.07) is 15.6. The summed E-state index contributed by atoms with van der Waals surface area (Å²) in [5.74, 6) is -0.958. The van der Waals surface area contributed by atoms with Crippen LogP contribution in [0, 0.1) is 11.2 Å². The molecule has 0 saturated carbocycles. The number of amidine groups is 1. The van der Waals surface area contributed by atoms with Gasteiger partial charge >= 0.3 is 0 Å². The summed E-state index contributed by atoms with van der Waals surface area (Å²) in [4.78, 5) is 12.4. The van der Waals surface area contributed by atoms with Crippen molar-refractivity contribution in [3.05, 3.63) is 78.3 Å². The summed E-state index contributed by atoms with van der Waals surface area (Å²) >= 11 is 0. The predicted octanol–water partition coefficient (Wildman–Crippen LogP) is 3.82. The molecule has 0 radical (unpaired) electrons. The van der Waals surface area contributed by atoms with Crippen molar-refractivity contribution in [2.45, 2.75) is 19.3 Å². The van der Waals surface area contributed by atoms with E-state index in [1.54, 1.807) is 38.2 Å². The SMILES string of the molecule is CC(C)(C(=O)NC(=N)/C=C\Nc1ccccc1)c1ccccc1F. The van der Waals surface area contributed by atoms with Crippen LogP contribution in [-0.2, 0) is 10.2 Å². The van der Waals surface area contributed by atoms with Crippen LogP contribution in [0.15, 0.2) is 66.9 Å². The van der Waals surface area contributed by atoms with E-state index in [4.69, 9.17) is 5.41 Å². The third-order valence-electron chi connectivity index (χ3n) is 3.64.